The quantitative estimate of drug-likeness (QED) is 0.820. The number of rotatable bonds is 4. The fourth-order valence-electron chi connectivity index (χ4n) is 2.77. The van der Waals surface area contributed by atoms with E-state index in [0.29, 0.717) is 17.5 Å². The fraction of sp³-hybridized carbons (Fsp3) is 0.714. The van der Waals surface area contributed by atoms with Crippen LogP contribution in [0.4, 0.5) is 0 Å². The second-order valence-corrected chi connectivity index (χ2v) is 6.56. The molecule has 16 heavy (non-hydrogen) atoms. The highest BCUT2D eigenvalue weighted by Gasteiger charge is 2.35. The minimum Gasteiger partial charge on any atom is -0.306 e. The van der Waals surface area contributed by atoms with Gasteiger partial charge in [-0.25, -0.2) is 0 Å². The van der Waals surface area contributed by atoms with Crippen LogP contribution in [0.2, 0.25) is 0 Å². The molecule has 2 unspecified atom stereocenters. The van der Waals surface area contributed by atoms with Gasteiger partial charge in [0.2, 0.25) is 0 Å². The molecule has 0 bridgehead atoms. The van der Waals surface area contributed by atoms with Crippen LogP contribution in [0, 0.1) is 5.41 Å². The van der Waals surface area contributed by atoms with Crippen LogP contribution in [0.3, 0.4) is 0 Å². The second kappa shape index (κ2) is 4.89. The molecule has 0 radical (unpaired) electrons. The fourth-order valence-corrected chi connectivity index (χ4v) is 3.64. The molecule has 1 N–H and O–H groups in total. The highest BCUT2D eigenvalue weighted by atomic mass is 32.1. The third-order valence-electron chi connectivity index (χ3n) is 3.95. The molecule has 2 rings (SSSR count). The van der Waals surface area contributed by atoms with E-state index in [1.807, 2.05) is 11.3 Å². The van der Waals surface area contributed by atoms with Crippen molar-refractivity contribution in [2.24, 2.45) is 5.41 Å². The van der Waals surface area contributed by atoms with Crippen LogP contribution in [0.15, 0.2) is 17.5 Å². The predicted octanol–water partition coefficient (Wildman–Crippen LogP) is 4.37. The second-order valence-electron chi connectivity index (χ2n) is 5.58. The maximum absolute atomic E-state index is 3.87. The monoisotopic (exact) mass is 237 g/mol. The summed E-state index contributed by atoms with van der Waals surface area (Å²) in [5.74, 6) is 0. The lowest BCUT2D eigenvalue weighted by Gasteiger charge is -2.31. The first-order valence-corrected chi connectivity index (χ1v) is 7.31. The molecule has 1 aromatic rings. The van der Waals surface area contributed by atoms with Crippen molar-refractivity contribution in [2.75, 3.05) is 0 Å². The Morgan fingerprint density at radius 1 is 1.56 bits per heavy atom. The summed E-state index contributed by atoms with van der Waals surface area (Å²) < 4.78 is 0. The van der Waals surface area contributed by atoms with Gasteiger partial charge < -0.3 is 5.32 Å². The first-order chi connectivity index (χ1) is 7.63. The molecule has 1 aromatic heterocycles. The normalized spacial score (nSPS) is 25.8. The summed E-state index contributed by atoms with van der Waals surface area (Å²) in [6.45, 7) is 7.08. The maximum atomic E-state index is 3.87. The SMILES string of the molecule is CCC(NC1CCCC1(C)C)c1cccs1. The van der Waals surface area contributed by atoms with Crippen molar-refractivity contribution in [3.05, 3.63) is 22.4 Å². The Bertz CT molecular complexity index is 315. The van der Waals surface area contributed by atoms with Gasteiger partial charge in [0.1, 0.15) is 0 Å². The van der Waals surface area contributed by atoms with Crippen molar-refractivity contribution in [3.63, 3.8) is 0 Å². The van der Waals surface area contributed by atoms with Crippen LogP contribution >= 0.6 is 11.3 Å². The number of hydrogen-bond acceptors (Lipinski definition) is 2. The lowest BCUT2D eigenvalue weighted by molar-refractivity contribution is 0.260. The molecule has 1 saturated carbocycles. The molecule has 1 nitrogen and oxygen atoms in total. The third-order valence-corrected chi connectivity index (χ3v) is 4.94. The first-order valence-electron chi connectivity index (χ1n) is 6.43. The van der Waals surface area contributed by atoms with Crippen molar-refractivity contribution < 1.29 is 0 Å². The van der Waals surface area contributed by atoms with Crippen LogP contribution in [0.5, 0.6) is 0 Å². The zero-order chi connectivity index (χ0) is 11.6. The largest absolute Gasteiger partial charge is 0.306 e. The van der Waals surface area contributed by atoms with E-state index in [-0.39, 0.29) is 0 Å². The summed E-state index contributed by atoms with van der Waals surface area (Å²) in [4.78, 5) is 1.49. The summed E-state index contributed by atoms with van der Waals surface area (Å²) in [5.41, 5.74) is 0.477. The average Bonchev–Trinajstić information content (AvgIpc) is 2.84. The molecule has 0 amide bonds. The van der Waals surface area contributed by atoms with Crippen molar-refractivity contribution in [3.8, 4) is 0 Å². The van der Waals surface area contributed by atoms with Gasteiger partial charge in [0, 0.05) is 17.0 Å². The van der Waals surface area contributed by atoms with E-state index >= 15 is 0 Å². The lowest BCUT2D eigenvalue weighted by Crippen LogP contribution is -2.39. The molecule has 1 heterocycles. The van der Waals surface area contributed by atoms with Crippen molar-refractivity contribution >= 4 is 11.3 Å². The summed E-state index contributed by atoms with van der Waals surface area (Å²) in [7, 11) is 0. The maximum Gasteiger partial charge on any atom is 0.0414 e. The average molecular weight is 237 g/mol. The van der Waals surface area contributed by atoms with Gasteiger partial charge in [0.25, 0.3) is 0 Å². The van der Waals surface area contributed by atoms with E-state index in [1.165, 1.54) is 30.6 Å². The standard InChI is InChI=1S/C14H23NS/c1-4-11(12-7-6-10-16-12)15-13-8-5-9-14(13,2)3/h6-7,10-11,13,15H,4-5,8-9H2,1-3H3. The molecule has 2 heteroatoms. The zero-order valence-corrected chi connectivity index (χ0v) is 11.4. The topological polar surface area (TPSA) is 12.0 Å². The van der Waals surface area contributed by atoms with Gasteiger partial charge in [-0.1, -0.05) is 33.3 Å². The minimum absolute atomic E-state index is 0.477. The van der Waals surface area contributed by atoms with Crippen molar-refractivity contribution in [1.29, 1.82) is 0 Å². The van der Waals surface area contributed by atoms with Crippen LogP contribution in [0.1, 0.15) is 57.4 Å². The molecule has 1 aliphatic rings. The van der Waals surface area contributed by atoms with Crippen LogP contribution in [-0.4, -0.2) is 6.04 Å². The minimum atomic E-state index is 0.477. The molecule has 1 aliphatic carbocycles. The first kappa shape index (κ1) is 12.1. The number of thiophene rings is 1. The van der Waals surface area contributed by atoms with Gasteiger partial charge in [-0.3, -0.25) is 0 Å². The molecule has 0 saturated heterocycles. The number of hydrogen-bond donors (Lipinski definition) is 1. The Morgan fingerprint density at radius 2 is 2.38 bits per heavy atom. The molecule has 90 valence electrons. The van der Waals surface area contributed by atoms with Crippen LogP contribution in [-0.2, 0) is 0 Å². The van der Waals surface area contributed by atoms with Crippen LogP contribution in [0.25, 0.3) is 0 Å². The Morgan fingerprint density at radius 3 is 2.88 bits per heavy atom. The Labute approximate surface area is 103 Å². The van der Waals surface area contributed by atoms with E-state index < -0.39 is 0 Å². The summed E-state index contributed by atoms with van der Waals surface area (Å²) in [6, 6.07) is 5.67. The van der Waals surface area contributed by atoms with Gasteiger partial charge in [-0.2, -0.15) is 0 Å². The smallest absolute Gasteiger partial charge is 0.0414 e. The molecule has 0 aliphatic heterocycles. The molecule has 0 spiro atoms. The Kier molecular flexibility index (Phi) is 3.70. The van der Waals surface area contributed by atoms with E-state index in [2.05, 4.69) is 43.6 Å². The Balaban J connectivity index is 2.02. The lowest BCUT2D eigenvalue weighted by atomic mass is 9.87. The summed E-state index contributed by atoms with van der Waals surface area (Å²) in [5, 5.41) is 6.05. The van der Waals surface area contributed by atoms with E-state index in [9.17, 15) is 0 Å². The predicted molar refractivity (Wildman–Crippen MR) is 71.9 cm³/mol. The van der Waals surface area contributed by atoms with Gasteiger partial charge in [0.15, 0.2) is 0 Å². The van der Waals surface area contributed by atoms with E-state index in [0.717, 1.165) is 0 Å². The summed E-state index contributed by atoms with van der Waals surface area (Å²) >= 11 is 1.88. The highest BCUT2D eigenvalue weighted by molar-refractivity contribution is 7.10. The molecule has 2 atom stereocenters. The van der Waals surface area contributed by atoms with Gasteiger partial charge >= 0.3 is 0 Å². The molecule has 0 aromatic carbocycles. The van der Waals surface area contributed by atoms with Crippen molar-refractivity contribution in [2.45, 2.75) is 58.5 Å². The number of nitrogens with one attached hydrogen (secondary N) is 1. The molecular weight excluding hydrogens is 214 g/mol. The van der Waals surface area contributed by atoms with Gasteiger partial charge in [-0.15, -0.1) is 11.3 Å². The zero-order valence-electron chi connectivity index (χ0n) is 10.6. The van der Waals surface area contributed by atoms with Crippen LogP contribution < -0.4 is 5.32 Å². The van der Waals surface area contributed by atoms with Gasteiger partial charge in [-0.05, 0) is 36.1 Å². The Hall–Kier alpha value is -0.340. The summed E-state index contributed by atoms with van der Waals surface area (Å²) in [6.07, 6.45) is 5.28. The van der Waals surface area contributed by atoms with Crippen molar-refractivity contribution in [1.82, 2.24) is 5.32 Å². The van der Waals surface area contributed by atoms with E-state index in [1.54, 1.807) is 0 Å². The van der Waals surface area contributed by atoms with Gasteiger partial charge in [0.05, 0.1) is 0 Å². The third kappa shape index (κ3) is 2.49. The molecular formula is C14H23NS. The van der Waals surface area contributed by atoms with E-state index in [4.69, 9.17) is 0 Å². The molecule has 1 fully saturated rings. The highest BCUT2D eigenvalue weighted by Crippen LogP contribution is 2.39.